The largest absolute Gasteiger partial charge is 0.493 e. The molecule has 0 spiro atoms. The number of amides is 2. The van der Waals surface area contributed by atoms with E-state index in [0.29, 0.717) is 24.6 Å². The fourth-order valence-corrected chi connectivity index (χ4v) is 3.20. The number of carbonyl (C=O) groups excluding carboxylic acids is 2. The van der Waals surface area contributed by atoms with Gasteiger partial charge in [-0.25, -0.2) is 0 Å². The zero-order valence-corrected chi connectivity index (χ0v) is 14.9. The molecule has 0 aromatic heterocycles. The molecule has 1 atom stereocenters. The predicted octanol–water partition coefficient (Wildman–Crippen LogP) is 1.73. The lowest BCUT2D eigenvalue weighted by Gasteiger charge is -2.31. The van der Waals surface area contributed by atoms with E-state index in [1.807, 2.05) is 0 Å². The first-order valence-corrected chi connectivity index (χ1v) is 8.23. The number of likely N-dealkylation sites (tertiary alicyclic amines) is 1. The van der Waals surface area contributed by atoms with Crippen LogP contribution in [-0.2, 0) is 16.0 Å². The molecule has 1 aromatic rings. The summed E-state index contributed by atoms with van der Waals surface area (Å²) in [5.41, 5.74) is 6.18. The lowest BCUT2D eigenvalue weighted by atomic mass is 9.97. The van der Waals surface area contributed by atoms with Gasteiger partial charge in [-0.3, -0.25) is 9.59 Å². The van der Waals surface area contributed by atoms with Crippen LogP contribution in [0.2, 0.25) is 0 Å². The molecule has 0 unspecified atom stereocenters. The Morgan fingerprint density at radius 1 is 1.30 bits per heavy atom. The Morgan fingerprint density at radius 2 is 1.96 bits per heavy atom. The third-order valence-corrected chi connectivity index (χ3v) is 4.81. The van der Waals surface area contributed by atoms with Gasteiger partial charge in [0.25, 0.3) is 0 Å². The van der Waals surface area contributed by atoms with Crippen molar-refractivity contribution in [2.75, 3.05) is 27.3 Å². The van der Waals surface area contributed by atoms with Crippen molar-refractivity contribution in [2.45, 2.75) is 19.3 Å². The number of rotatable bonds is 5. The van der Waals surface area contributed by atoms with E-state index in [-0.39, 0.29) is 24.2 Å². The smallest absolute Gasteiger partial charge is 0.227 e. The highest BCUT2D eigenvalue weighted by Gasteiger charge is 2.27. The third kappa shape index (κ3) is 4.16. The van der Waals surface area contributed by atoms with Crippen molar-refractivity contribution in [3.63, 3.8) is 0 Å². The number of hydrogen-bond donors (Lipinski definition) is 1. The van der Waals surface area contributed by atoms with Gasteiger partial charge in [-0.05, 0) is 30.5 Å². The lowest BCUT2D eigenvalue weighted by molar-refractivity contribution is -0.134. The van der Waals surface area contributed by atoms with Crippen molar-refractivity contribution in [3.05, 3.63) is 22.2 Å². The van der Waals surface area contributed by atoms with Crippen LogP contribution in [0.1, 0.15) is 18.4 Å². The lowest BCUT2D eigenvalue weighted by Crippen LogP contribution is -2.44. The van der Waals surface area contributed by atoms with Gasteiger partial charge in [-0.15, -0.1) is 0 Å². The van der Waals surface area contributed by atoms with Gasteiger partial charge in [-0.1, -0.05) is 15.9 Å². The molecule has 2 amide bonds. The van der Waals surface area contributed by atoms with Crippen molar-refractivity contribution < 1.29 is 19.1 Å². The fraction of sp³-hybridized carbons (Fsp3) is 0.500. The minimum Gasteiger partial charge on any atom is -0.493 e. The first-order chi connectivity index (χ1) is 11.0. The first kappa shape index (κ1) is 17.6. The molecule has 1 heterocycles. The molecule has 0 aliphatic carbocycles. The quantitative estimate of drug-likeness (QED) is 0.837. The number of methoxy groups -OCH3 is 2. The van der Waals surface area contributed by atoms with Crippen molar-refractivity contribution in [2.24, 2.45) is 11.7 Å². The molecule has 6 nitrogen and oxygen atoms in total. The van der Waals surface area contributed by atoms with E-state index in [1.54, 1.807) is 31.3 Å². The molecule has 1 saturated heterocycles. The van der Waals surface area contributed by atoms with E-state index in [9.17, 15) is 9.59 Å². The number of nitrogens with two attached hydrogens (primary N) is 1. The van der Waals surface area contributed by atoms with Crippen LogP contribution in [0.4, 0.5) is 0 Å². The Bertz CT molecular complexity index is 606. The maximum absolute atomic E-state index is 12.5. The number of piperidine rings is 1. The molecule has 1 fully saturated rings. The summed E-state index contributed by atoms with van der Waals surface area (Å²) in [5, 5.41) is 0. The molecule has 2 N–H and O–H groups in total. The van der Waals surface area contributed by atoms with Crippen molar-refractivity contribution in [3.8, 4) is 11.5 Å². The molecule has 2 rings (SSSR count). The molecule has 1 aliphatic heterocycles. The molecule has 0 radical (unpaired) electrons. The SMILES string of the molecule is COc1cc(Br)c(CC(=O)N2CCC[C@H](C(N)=O)C2)cc1OC. The molecule has 1 aromatic carbocycles. The van der Waals surface area contributed by atoms with Crippen molar-refractivity contribution in [1.82, 2.24) is 4.90 Å². The second-order valence-electron chi connectivity index (χ2n) is 5.56. The van der Waals surface area contributed by atoms with Gasteiger partial charge in [0.05, 0.1) is 26.6 Å². The van der Waals surface area contributed by atoms with Gasteiger partial charge >= 0.3 is 0 Å². The van der Waals surface area contributed by atoms with Crippen LogP contribution < -0.4 is 15.2 Å². The maximum atomic E-state index is 12.5. The van der Waals surface area contributed by atoms with Gasteiger partial charge in [0.15, 0.2) is 11.5 Å². The van der Waals surface area contributed by atoms with Gasteiger partial charge in [-0.2, -0.15) is 0 Å². The average Bonchev–Trinajstić information content (AvgIpc) is 2.56. The Labute approximate surface area is 144 Å². The number of halogens is 1. The monoisotopic (exact) mass is 384 g/mol. The summed E-state index contributed by atoms with van der Waals surface area (Å²) in [6.07, 6.45) is 1.78. The van der Waals surface area contributed by atoms with E-state index in [1.165, 1.54) is 0 Å². The Morgan fingerprint density at radius 3 is 2.57 bits per heavy atom. The minimum absolute atomic E-state index is 0.0242. The summed E-state index contributed by atoms with van der Waals surface area (Å²) < 4.78 is 11.3. The molecular formula is C16H21BrN2O4. The van der Waals surface area contributed by atoms with Crippen LogP contribution in [0.15, 0.2) is 16.6 Å². The number of benzene rings is 1. The number of hydrogen-bond acceptors (Lipinski definition) is 4. The molecule has 1 aliphatic rings. The van der Waals surface area contributed by atoms with Gasteiger partial charge in [0.1, 0.15) is 0 Å². The Hall–Kier alpha value is -1.76. The van der Waals surface area contributed by atoms with E-state index >= 15 is 0 Å². The summed E-state index contributed by atoms with van der Waals surface area (Å²) >= 11 is 3.46. The van der Waals surface area contributed by atoms with E-state index in [2.05, 4.69) is 15.9 Å². The van der Waals surface area contributed by atoms with Crippen molar-refractivity contribution >= 4 is 27.7 Å². The van der Waals surface area contributed by atoms with Gasteiger partial charge in [0, 0.05) is 17.6 Å². The summed E-state index contributed by atoms with van der Waals surface area (Å²) in [6.45, 7) is 1.06. The highest BCUT2D eigenvalue weighted by atomic mass is 79.9. The molecule has 126 valence electrons. The van der Waals surface area contributed by atoms with E-state index in [4.69, 9.17) is 15.2 Å². The third-order valence-electron chi connectivity index (χ3n) is 4.07. The highest BCUT2D eigenvalue weighted by Crippen LogP contribution is 2.33. The summed E-state index contributed by atoms with van der Waals surface area (Å²) in [7, 11) is 3.12. The minimum atomic E-state index is -0.338. The second kappa shape index (κ2) is 7.68. The predicted molar refractivity (Wildman–Crippen MR) is 89.4 cm³/mol. The molecular weight excluding hydrogens is 364 g/mol. The Balaban J connectivity index is 2.12. The zero-order valence-electron chi connectivity index (χ0n) is 13.3. The highest BCUT2D eigenvalue weighted by molar-refractivity contribution is 9.10. The number of carbonyl (C=O) groups is 2. The van der Waals surface area contributed by atoms with E-state index in [0.717, 1.165) is 22.9 Å². The fourth-order valence-electron chi connectivity index (χ4n) is 2.74. The summed E-state index contributed by atoms with van der Waals surface area (Å²) in [4.78, 5) is 25.6. The van der Waals surface area contributed by atoms with Crippen LogP contribution in [0, 0.1) is 5.92 Å². The molecule has 0 saturated carbocycles. The standard InChI is InChI=1S/C16H21BrN2O4/c1-22-13-6-11(12(17)8-14(13)23-2)7-15(20)19-5-3-4-10(9-19)16(18)21/h6,8,10H,3-5,7,9H2,1-2H3,(H2,18,21)/t10-/m0/s1. The summed E-state index contributed by atoms with van der Waals surface area (Å²) in [6, 6.07) is 3.57. The molecule has 7 heteroatoms. The van der Waals surface area contributed by atoms with E-state index < -0.39 is 0 Å². The van der Waals surface area contributed by atoms with Crippen LogP contribution >= 0.6 is 15.9 Å². The Kier molecular flexibility index (Phi) is 5.87. The number of nitrogens with zero attached hydrogens (tertiary/aromatic N) is 1. The normalized spacial score (nSPS) is 17.7. The average molecular weight is 385 g/mol. The van der Waals surface area contributed by atoms with Crippen LogP contribution in [0.25, 0.3) is 0 Å². The number of primary amides is 1. The zero-order chi connectivity index (χ0) is 17.0. The first-order valence-electron chi connectivity index (χ1n) is 7.43. The van der Waals surface area contributed by atoms with Crippen LogP contribution in [-0.4, -0.2) is 44.0 Å². The maximum Gasteiger partial charge on any atom is 0.227 e. The van der Waals surface area contributed by atoms with Crippen molar-refractivity contribution in [1.29, 1.82) is 0 Å². The summed E-state index contributed by atoms with van der Waals surface area (Å²) in [5.74, 6) is 0.565. The van der Waals surface area contributed by atoms with Crippen LogP contribution in [0.3, 0.4) is 0 Å². The number of ether oxygens (including phenoxy) is 2. The van der Waals surface area contributed by atoms with Crippen LogP contribution in [0.5, 0.6) is 11.5 Å². The van der Waals surface area contributed by atoms with Gasteiger partial charge in [0.2, 0.25) is 11.8 Å². The topological polar surface area (TPSA) is 81.9 Å². The van der Waals surface area contributed by atoms with Gasteiger partial charge < -0.3 is 20.1 Å². The second-order valence-corrected chi connectivity index (χ2v) is 6.41. The molecule has 23 heavy (non-hydrogen) atoms. The molecule has 0 bridgehead atoms.